The zero-order valence-electron chi connectivity index (χ0n) is 10.9. The number of amides is 1. The molecule has 1 aromatic carbocycles. The molecule has 3 heteroatoms. The van der Waals surface area contributed by atoms with Crippen LogP contribution < -0.4 is 4.90 Å². The number of rotatable bonds is 7. The zero-order chi connectivity index (χ0) is 13.4. The van der Waals surface area contributed by atoms with Crippen molar-refractivity contribution in [2.45, 2.75) is 0 Å². The number of hydrogen-bond donors (Lipinski definition) is 0. The summed E-state index contributed by atoms with van der Waals surface area (Å²) in [6, 6.07) is 9.85. The topological polar surface area (TPSA) is 23.6 Å². The van der Waals surface area contributed by atoms with Gasteiger partial charge in [0.2, 0.25) is 5.91 Å². The molecule has 0 bridgehead atoms. The van der Waals surface area contributed by atoms with E-state index in [1.54, 1.807) is 17.1 Å². The monoisotopic (exact) mass is 244 g/mol. The van der Waals surface area contributed by atoms with E-state index in [-0.39, 0.29) is 5.91 Å². The van der Waals surface area contributed by atoms with E-state index in [1.165, 1.54) is 0 Å². The molecule has 0 aromatic heterocycles. The molecule has 96 valence electrons. The fraction of sp³-hybridized carbons (Fsp3) is 0.267. The zero-order valence-corrected chi connectivity index (χ0v) is 10.9. The lowest BCUT2D eigenvalue weighted by molar-refractivity contribution is -0.128. The van der Waals surface area contributed by atoms with Crippen LogP contribution in [0.4, 0.5) is 5.69 Å². The van der Waals surface area contributed by atoms with Crippen molar-refractivity contribution in [2.75, 3.05) is 31.6 Å². The molecule has 0 aliphatic carbocycles. The summed E-state index contributed by atoms with van der Waals surface area (Å²) in [4.78, 5) is 15.7. The van der Waals surface area contributed by atoms with E-state index in [4.69, 9.17) is 0 Å². The second kappa shape index (κ2) is 7.33. The van der Waals surface area contributed by atoms with Crippen LogP contribution in [-0.2, 0) is 4.79 Å². The van der Waals surface area contributed by atoms with E-state index in [9.17, 15) is 4.79 Å². The molecule has 1 aromatic rings. The normalized spacial score (nSPS) is 9.61. The summed E-state index contributed by atoms with van der Waals surface area (Å²) >= 11 is 0. The van der Waals surface area contributed by atoms with E-state index in [0.29, 0.717) is 19.6 Å². The third-order valence-corrected chi connectivity index (χ3v) is 2.62. The Bertz CT molecular complexity index is 390. The van der Waals surface area contributed by atoms with Gasteiger partial charge in [-0.15, -0.1) is 13.2 Å². The van der Waals surface area contributed by atoms with Crippen LogP contribution in [0.2, 0.25) is 0 Å². The van der Waals surface area contributed by atoms with Gasteiger partial charge in [-0.2, -0.15) is 0 Å². The number of carbonyl (C=O) groups is 1. The fourth-order valence-corrected chi connectivity index (χ4v) is 1.67. The molecule has 0 spiro atoms. The highest BCUT2D eigenvalue weighted by Gasteiger charge is 2.13. The second-order valence-electron chi connectivity index (χ2n) is 4.07. The Balaban J connectivity index is 2.62. The molecule has 0 saturated carbocycles. The molecule has 0 aliphatic rings. The molecule has 0 N–H and O–H groups in total. The van der Waals surface area contributed by atoms with E-state index in [2.05, 4.69) is 13.2 Å². The minimum Gasteiger partial charge on any atom is -0.365 e. The summed E-state index contributed by atoms with van der Waals surface area (Å²) < 4.78 is 0. The summed E-state index contributed by atoms with van der Waals surface area (Å²) in [5.74, 6) is 0.0705. The summed E-state index contributed by atoms with van der Waals surface area (Å²) in [6.07, 6.45) is 3.45. The first-order valence-electron chi connectivity index (χ1n) is 5.94. The highest BCUT2D eigenvalue weighted by molar-refractivity contribution is 5.81. The first kappa shape index (κ1) is 14.0. The molecule has 0 unspecified atom stereocenters. The van der Waals surface area contributed by atoms with E-state index in [0.717, 1.165) is 5.69 Å². The molecular weight excluding hydrogens is 224 g/mol. The van der Waals surface area contributed by atoms with Crippen LogP contribution in [0.1, 0.15) is 0 Å². The quantitative estimate of drug-likeness (QED) is 0.687. The highest BCUT2D eigenvalue weighted by Crippen LogP contribution is 2.10. The van der Waals surface area contributed by atoms with E-state index >= 15 is 0 Å². The van der Waals surface area contributed by atoms with Crippen molar-refractivity contribution in [1.29, 1.82) is 0 Å². The van der Waals surface area contributed by atoms with Gasteiger partial charge in [0.05, 0.1) is 6.54 Å². The molecule has 0 radical (unpaired) electrons. The number of anilines is 1. The minimum absolute atomic E-state index is 0.0705. The van der Waals surface area contributed by atoms with Crippen LogP contribution in [0.15, 0.2) is 55.6 Å². The second-order valence-corrected chi connectivity index (χ2v) is 4.07. The maximum atomic E-state index is 12.1. The van der Waals surface area contributed by atoms with Gasteiger partial charge in [0, 0.05) is 25.8 Å². The third kappa shape index (κ3) is 4.09. The SMILES string of the molecule is C=CCN(CC=C)C(=O)CN(C)c1ccccc1. The first-order chi connectivity index (χ1) is 8.69. The number of likely N-dealkylation sites (N-methyl/N-ethyl adjacent to an activating group) is 1. The number of benzene rings is 1. The third-order valence-electron chi connectivity index (χ3n) is 2.62. The van der Waals surface area contributed by atoms with Crippen molar-refractivity contribution in [2.24, 2.45) is 0 Å². The van der Waals surface area contributed by atoms with Gasteiger partial charge in [0.25, 0.3) is 0 Å². The van der Waals surface area contributed by atoms with Gasteiger partial charge < -0.3 is 9.80 Å². The van der Waals surface area contributed by atoms with Gasteiger partial charge in [0.1, 0.15) is 0 Å². The number of nitrogens with zero attached hydrogens (tertiary/aromatic N) is 2. The average Bonchev–Trinajstić information content (AvgIpc) is 2.39. The van der Waals surface area contributed by atoms with Crippen LogP contribution in [0.25, 0.3) is 0 Å². The molecular formula is C15H20N2O. The molecule has 18 heavy (non-hydrogen) atoms. The number of hydrogen-bond acceptors (Lipinski definition) is 2. The van der Waals surface area contributed by atoms with Crippen molar-refractivity contribution in [1.82, 2.24) is 4.90 Å². The van der Waals surface area contributed by atoms with Gasteiger partial charge in [-0.3, -0.25) is 4.79 Å². The van der Waals surface area contributed by atoms with Crippen LogP contribution in [0, 0.1) is 0 Å². The molecule has 1 rings (SSSR count). The summed E-state index contributed by atoms with van der Waals surface area (Å²) in [5.41, 5.74) is 1.03. The van der Waals surface area contributed by atoms with Crippen molar-refractivity contribution < 1.29 is 4.79 Å². The number of carbonyl (C=O) groups excluding carboxylic acids is 1. The van der Waals surface area contributed by atoms with Crippen molar-refractivity contribution in [3.63, 3.8) is 0 Å². The predicted octanol–water partition coefficient (Wildman–Crippen LogP) is 2.32. The fourth-order valence-electron chi connectivity index (χ4n) is 1.67. The van der Waals surface area contributed by atoms with Gasteiger partial charge in [-0.1, -0.05) is 30.4 Å². The summed E-state index contributed by atoms with van der Waals surface area (Å²) in [6.45, 7) is 8.77. The molecule has 0 saturated heterocycles. The van der Waals surface area contributed by atoms with E-state index < -0.39 is 0 Å². The van der Waals surface area contributed by atoms with Gasteiger partial charge in [-0.05, 0) is 12.1 Å². The highest BCUT2D eigenvalue weighted by atomic mass is 16.2. The lowest BCUT2D eigenvalue weighted by atomic mass is 10.3. The lowest BCUT2D eigenvalue weighted by Gasteiger charge is -2.24. The summed E-state index contributed by atoms with van der Waals surface area (Å²) in [5, 5.41) is 0. The van der Waals surface area contributed by atoms with Gasteiger partial charge in [-0.25, -0.2) is 0 Å². The first-order valence-corrected chi connectivity index (χ1v) is 5.94. The predicted molar refractivity (Wildman–Crippen MR) is 76.7 cm³/mol. The van der Waals surface area contributed by atoms with Crippen LogP contribution in [-0.4, -0.2) is 37.5 Å². The molecule has 3 nitrogen and oxygen atoms in total. The Morgan fingerprint density at radius 1 is 1.17 bits per heavy atom. The van der Waals surface area contributed by atoms with Crippen LogP contribution in [0.3, 0.4) is 0 Å². The van der Waals surface area contributed by atoms with Crippen LogP contribution >= 0.6 is 0 Å². The lowest BCUT2D eigenvalue weighted by Crippen LogP contribution is -2.39. The Morgan fingerprint density at radius 2 is 1.72 bits per heavy atom. The van der Waals surface area contributed by atoms with Crippen molar-refractivity contribution in [3.05, 3.63) is 55.6 Å². The Kier molecular flexibility index (Phi) is 5.71. The molecule has 0 atom stereocenters. The van der Waals surface area contributed by atoms with Crippen molar-refractivity contribution >= 4 is 11.6 Å². The standard InChI is InChI=1S/C15H20N2O/c1-4-11-17(12-5-2)15(18)13-16(3)14-9-7-6-8-10-14/h4-10H,1-2,11-13H2,3H3. The maximum Gasteiger partial charge on any atom is 0.242 e. The maximum absolute atomic E-state index is 12.1. The minimum atomic E-state index is 0.0705. The largest absolute Gasteiger partial charge is 0.365 e. The molecule has 1 amide bonds. The molecule has 0 fully saturated rings. The molecule has 0 heterocycles. The smallest absolute Gasteiger partial charge is 0.242 e. The molecule has 0 aliphatic heterocycles. The van der Waals surface area contributed by atoms with E-state index in [1.807, 2.05) is 42.3 Å². The van der Waals surface area contributed by atoms with Crippen molar-refractivity contribution in [3.8, 4) is 0 Å². The van der Waals surface area contributed by atoms with Crippen LogP contribution in [0.5, 0.6) is 0 Å². The Labute approximate surface area is 109 Å². The Hall–Kier alpha value is -2.03. The Morgan fingerprint density at radius 3 is 2.22 bits per heavy atom. The average molecular weight is 244 g/mol. The van der Waals surface area contributed by atoms with Gasteiger partial charge >= 0.3 is 0 Å². The number of para-hydroxylation sites is 1. The summed E-state index contributed by atoms with van der Waals surface area (Å²) in [7, 11) is 1.91. The van der Waals surface area contributed by atoms with Gasteiger partial charge in [0.15, 0.2) is 0 Å².